The van der Waals surface area contributed by atoms with Crippen molar-refractivity contribution < 1.29 is 9.53 Å². The molecule has 28 heavy (non-hydrogen) atoms. The number of rotatable bonds is 6. The van der Waals surface area contributed by atoms with E-state index in [0.29, 0.717) is 12.1 Å². The van der Waals surface area contributed by atoms with E-state index in [1.807, 2.05) is 48.5 Å². The van der Waals surface area contributed by atoms with Crippen molar-refractivity contribution in [3.05, 3.63) is 83.7 Å². The lowest BCUT2D eigenvalue weighted by atomic mass is 10.1. The molecular weight excluding hydrogens is 352 g/mol. The molecule has 0 unspecified atom stereocenters. The highest BCUT2D eigenvalue weighted by Gasteiger charge is 2.15. The van der Waals surface area contributed by atoms with Crippen molar-refractivity contribution in [1.82, 2.24) is 14.7 Å². The number of morpholine rings is 1. The number of carbonyl (C=O) groups is 1. The van der Waals surface area contributed by atoms with Crippen molar-refractivity contribution in [3.63, 3.8) is 0 Å². The van der Waals surface area contributed by atoms with Crippen LogP contribution in [0.5, 0.6) is 0 Å². The lowest BCUT2D eigenvalue weighted by Gasteiger charge is -2.27. The molecular formula is C22H24N4O2. The first-order valence-corrected chi connectivity index (χ1v) is 9.54. The third kappa shape index (κ3) is 4.65. The Morgan fingerprint density at radius 2 is 1.75 bits per heavy atom. The number of benzene rings is 2. The molecule has 0 saturated carbocycles. The maximum Gasteiger partial charge on any atom is 0.258 e. The van der Waals surface area contributed by atoms with Crippen LogP contribution in [0.4, 0.5) is 5.69 Å². The van der Waals surface area contributed by atoms with E-state index < -0.39 is 0 Å². The van der Waals surface area contributed by atoms with Crippen LogP contribution in [0.3, 0.4) is 0 Å². The molecule has 0 bridgehead atoms. The van der Waals surface area contributed by atoms with Gasteiger partial charge in [-0.1, -0.05) is 48.5 Å². The lowest BCUT2D eigenvalue weighted by Crippen LogP contribution is -2.35. The molecule has 0 aliphatic carbocycles. The van der Waals surface area contributed by atoms with Gasteiger partial charge in [0.25, 0.3) is 5.91 Å². The lowest BCUT2D eigenvalue weighted by molar-refractivity contribution is 0.0342. The van der Waals surface area contributed by atoms with Crippen molar-refractivity contribution in [2.75, 3.05) is 31.6 Å². The molecule has 2 aromatic carbocycles. The van der Waals surface area contributed by atoms with Gasteiger partial charge in [0.05, 0.1) is 31.5 Å². The minimum absolute atomic E-state index is 0.145. The number of nitrogens with one attached hydrogen (secondary N) is 1. The molecule has 1 aliphatic rings. The predicted molar refractivity (Wildman–Crippen MR) is 108 cm³/mol. The van der Waals surface area contributed by atoms with Gasteiger partial charge in [-0.25, -0.2) is 0 Å². The third-order valence-corrected chi connectivity index (χ3v) is 4.85. The number of aromatic nitrogens is 2. The molecule has 0 spiro atoms. The zero-order valence-corrected chi connectivity index (χ0v) is 15.8. The fraction of sp³-hybridized carbons (Fsp3) is 0.273. The van der Waals surface area contributed by atoms with Gasteiger partial charge in [-0.2, -0.15) is 5.10 Å². The molecule has 144 valence electrons. The molecule has 1 aliphatic heterocycles. The van der Waals surface area contributed by atoms with E-state index in [9.17, 15) is 4.79 Å². The van der Waals surface area contributed by atoms with Gasteiger partial charge in [0, 0.05) is 31.5 Å². The zero-order chi connectivity index (χ0) is 19.2. The van der Waals surface area contributed by atoms with Crippen LogP contribution in [0.25, 0.3) is 0 Å². The van der Waals surface area contributed by atoms with Crippen LogP contribution in [-0.2, 0) is 17.8 Å². The fourth-order valence-corrected chi connectivity index (χ4v) is 3.31. The van der Waals surface area contributed by atoms with Crippen LogP contribution in [0.15, 0.2) is 67.0 Å². The molecule has 4 rings (SSSR count). The van der Waals surface area contributed by atoms with Crippen LogP contribution in [0.1, 0.15) is 21.5 Å². The Morgan fingerprint density at radius 1 is 1.00 bits per heavy atom. The van der Waals surface area contributed by atoms with Gasteiger partial charge in [-0.3, -0.25) is 14.4 Å². The van der Waals surface area contributed by atoms with Gasteiger partial charge in [0.2, 0.25) is 0 Å². The van der Waals surface area contributed by atoms with Crippen molar-refractivity contribution >= 4 is 11.6 Å². The second kappa shape index (κ2) is 8.82. The summed E-state index contributed by atoms with van der Waals surface area (Å²) < 4.78 is 7.20. The number of hydrogen-bond acceptors (Lipinski definition) is 4. The summed E-state index contributed by atoms with van der Waals surface area (Å²) in [5.41, 5.74) is 3.65. The van der Waals surface area contributed by atoms with E-state index in [-0.39, 0.29) is 5.91 Å². The van der Waals surface area contributed by atoms with E-state index in [1.54, 1.807) is 17.1 Å². The summed E-state index contributed by atoms with van der Waals surface area (Å²) in [4.78, 5) is 15.1. The number of anilines is 1. The number of ether oxygens (including phenoxy) is 1. The average molecular weight is 376 g/mol. The summed E-state index contributed by atoms with van der Waals surface area (Å²) in [7, 11) is 0. The predicted octanol–water partition coefficient (Wildman–Crippen LogP) is 3.02. The summed E-state index contributed by atoms with van der Waals surface area (Å²) in [6.45, 7) is 4.78. The number of nitrogens with zero attached hydrogens (tertiary/aromatic N) is 3. The first kappa shape index (κ1) is 18.4. The molecule has 0 atom stereocenters. The van der Waals surface area contributed by atoms with E-state index in [4.69, 9.17) is 4.74 Å². The average Bonchev–Trinajstić information content (AvgIpc) is 3.20. The molecule has 1 amide bonds. The largest absolute Gasteiger partial charge is 0.379 e. The van der Waals surface area contributed by atoms with E-state index in [1.165, 1.54) is 0 Å². The smallest absolute Gasteiger partial charge is 0.258 e. The highest BCUT2D eigenvalue weighted by atomic mass is 16.5. The Labute approximate surface area is 164 Å². The maximum atomic E-state index is 12.7. The van der Waals surface area contributed by atoms with Gasteiger partial charge in [-0.15, -0.1) is 0 Å². The third-order valence-electron chi connectivity index (χ3n) is 4.85. The van der Waals surface area contributed by atoms with Crippen molar-refractivity contribution in [2.45, 2.75) is 13.1 Å². The number of carbonyl (C=O) groups excluding carboxylic acids is 1. The van der Waals surface area contributed by atoms with Crippen molar-refractivity contribution in [2.24, 2.45) is 0 Å². The van der Waals surface area contributed by atoms with Gasteiger partial charge in [0.1, 0.15) is 0 Å². The van der Waals surface area contributed by atoms with Crippen LogP contribution in [-0.4, -0.2) is 46.9 Å². The van der Waals surface area contributed by atoms with Crippen molar-refractivity contribution in [1.29, 1.82) is 0 Å². The number of hydrogen-bond donors (Lipinski definition) is 1. The normalized spacial score (nSPS) is 14.7. The molecule has 1 fully saturated rings. The first-order valence-electron chi connectivity index (χ1n) is 9.54. The summed E-state index contributed by atoms with van der Waals surface area (Å²) in [6.07, 6.45) is 3.40. The molecule has 6 heteroatoms. The highest BCUT2D eigenvalue weighted by molar-refractivity contribution is 6.04. The first-order chi connectivity index (χ1) is 13.8. The maximum absolute atomic E-state index is 12.7. The van der Waals surface area contributed by atoms with Gasteiger partial charge in [-0.05, 0) is 17.2 Å². The molecule has 1 saturated heterocycles. The second-order valence-electron chi connectivity index (χ2n) is 6.91. The molecule has 2 heterocycles. The summed E-state index contributed by atoms with van der Waals surface area (Å²) in [5, 5.41) is 7.37. The standard InChI is InChI=1S/C22H24N4O2/c27-22(20-14-23-26(17-20)15-18-6-2-1-3-7-18)24-21-9-5-4-8-19(21)16-25-10-12-28-13-11-25/h1-9,14,17H,10-13,15-16H2,(H,24,27). The molecule has 1 N–H and O–H groups in total. The van der Waals surface area contributed by atoms with Gasteiger partial charge < -0.3 is 10.1 Å². The van der Waals surface area contributed by atoms with E-state index in [2.05, 4.69) is 21.4 Å². The SMILES string of the molecule is O=C(Nc1ccccc1CN1CCOCC1)c1cnn(Cc2ccccc2)c1. The highest BCUT2D eigenvalue weighted by Crippen LogP contribution is 2.19. The summed E-state index contributed by atoms with van der Waals surface area (Å²) >= 11 is 0. The van der Waals surface area contributed by atoms with Crippen LogP contribution >= 0.6 is 0 Å². The molecule has 0 radical (unpaired) electrons. The summed E-state index contributed by atoms with van der Waals surface area (Å²) in [6, 6.07) is 18.0. The quantitative estimate of drug-likeness (QED) is 0.718. The molecule has 6 nitrogen and oxygen atoms in total. The van der Waals surface area contributed by atoms with Crippen LogP contribution in [0.2, 0.25) is 0 Å². The second-order valence-corrected chi connectivity index (χ2v) is 6.91. The van der Waals surface area contributed by atoms with Crippen LogP contribution in [0, 0.1) is 0 Å². The Bertz CT molecular complexity index is 917. The number of amides is 1. The van der Waals surface area contributed by atoms with Crippen molar-refractivity contribution in [3.8, 4) is 0 Å². The monoisotopic (exact) mass is 376 g/mol. The van der Waals surface area contributed by atoms with Gasteiger partial charge >= 0.3 is 0 Å². The van der Waals surface area contributed by atoms with E-state index >= 15 is 0 Å². The Balaban J connectivity index is 1.42. The minimum Gasteiger partial charge on any atom is -0.379 e. The number of para-hydroxylation sites is 1. The Kier molecular flexibility index (Phi) is 5.80. The minimum atomic E-state index is -0.145. The topological polar surface area (TPSA) is 59.4 Å². The van der Waals surface area contributed by atoms with Crippen LogP contribution < -0.4 is 5.32 Å². The summed E-state index contributed by atoms with van der Waals surface area (Å²) in [5.74, 6) is -0.145. The molecule has 1 aromatic heterocycles. The Morgan fingerprint density at radius 3 is 2.57 bits per heavy atom. The van der Waals surface area contributed by atoms with Gasteiger partial charge in [0.15, 0.2) is 0 Å². The Hall–Kier alpha value is -2.96. The molecule has 3 aromatic rings. The fourth-order valence-electron chi connectivity index (χ4n) is 3.31. The van der Waals surface area contributed by atoms with E-state index in [0.717, 1.165) is 49.7 Å². The zero-order valence-electron chi connectivity index (χ0n) is 15.8.